The van der Waals surface area contributed by atoms with Crippen LogP contribution in [0.1, 0.15) is 23.3 Å². The first-order chi connectivity index (χ1) is 15.9. The van der Waals surface area contributed by atoms with Gasteiger partial charge in [0.15, 0.2) is 0 Å². The number of anilines is 3. The third kappa shape index (κ3) is 5.37. The normalized spacial score (nSPS) is 13.6. The van der Waals surface area contributed by atoms with Crippen LogP contribution < -0.4 is 19.7 Å². The number of carbonyl (C=O) groups is 1. The van der Waals surface area contributed by atoms with Crippen LogP contribution in [0.15, 0.2) is 65.7 Å². The maximum atomic E-state index is 13.4. The fraction of sp³-hybridized carbons (Fsp3) is 0.217. The van der Waals surface area contributed by atoms with Crippen molar-refractivity contribution >= 4 is 44.6 Å². The van der Waals surface area contributed by atoms with Gasteiger partial charge in [0.25, 0.3) is 15.9 Å². The highest BCUT2D eigenvalue weighted by Crippen LogP contribution is 2.32. The summed E-state index contributed by atoms with van der Waals surface area (Å²) in [7, 11) is -2.41. The number of benzene rings is 2. The number of methoxy groups -OCH3 is 1. The quantitative estimate of drug-likeness (QED) is 0.513. The number of amides is 1. The monoisotopic (exact) mass is 486 g/mol. The molecule has 10 heteroatoms. The van der Waals surface area contributed by atoms with Crippen LogP contribution >= 0.6 is 11.6 Å². The Bertz CT molecular complexity index is 1260. The molecular formula is C23H23ClN4O4S. The second-order valence-electron chi connectivity index (χ2n) is 7.52. The number of hydrogen-bond donors (Lipinski definition) is 2. The number of hydrogen-bond acceptors (Lipinski definition) is 6. The van der Waals surface area contributed by atoms with E-state index < -0.39 is 15.9 Å². The summed E-state index contributed by atoms with van der Waals surface area (Å²) < 4.78 is 34.5. The zero-order valence-corrected chi connectivity index (χ0v) is 19.5. The molecule has 2 aromatic carbocycles. The van der Waals surface area contributed by atoms with Gasteiger partial charge in [0.1, 0.15) is 16.3 Å². The number of nitrogens with one attached hydrogen (secondary N) is 2. The molecule has 1 aliphatic rings. The maximum Gasteiger partial charge on any atom is 0.274 e. The smallest absolute Gasteiger partial charge is 0.274 e. The third-order valence-electron chi connectivity index (χ3n) is 5.25. The minimum atomic E-state index is -3.95. The maximum absolute atomic E-state index is 13.4. The predicted octanol–water partition coefficient (Wildman–Crippen LogP) is 4.40. The second kappa shape index (κ2) is 9.68. The van der Waals surface area contributed by atoms with E-state index in [-0.39, 0.29) is 10.6 Å². The van der Waals surface area contributed by atoms with Gasteiger partial charge in [-0.1, -0.05) is 11.6 Å². The standard InChI is InChI=1S/C23H23ClN4O4S/c1-32-19-7-4-17(5-8-19)27-33(30,31)22-15-18(6-9-21(22)28-12-2-3-13-28)26-23(29)20-14-16(24)10-11-25-20/h4-11,14-15,27H,2-3,12-13H2,1H3,(H,26,29). The largest absolute Gasteiger partial charge is 0.497 e. The summed E-state index contributed by atoms with van der Waals surface area (Å²) in [5.74, 6) is 0.132. The Morgan fingerprint density at radius 3 is 2.39 bits per heavy atom. The van der Waals surface area contributed by atoms with Crippen LogP contribution in [0, 0.1) is 0 Å². The fourth-order valence-corrected chi connectivity index (χ4v) is 5.09. The fourth-order valence-electron chi connectivity index (χ4n) is 3.62. The summed E-state index contributed by atoms with van der Waals surface area (Å²) >= 11 is 5.95. The number of halogens is 1. The summed E-state index contributed by atoms with van der Waals surface area (Å²) in [5.41, 5.74) is 1.46. The van der Waals surface area contributed by atoms with Crippen molar-refractivity contribution in [3.63, 3.8) is 0 Å². The molecule has 1 saturated heterocycles. The Balaban J connectivity index is 1.66. The van der Waals surface area contributed by atoms with E-state index >= 15 is 0 Å². The van der Waals surface area contributed by atoms with Crippen molar-refractivity contribution in [3.8, 4) is 5.75 Å². The zero-order chi connectivity index (χ0) is 23.4. The van der Waals surface area contributed by atoms with Gasteiger partial charge >= 0.3 is 0 Å². The van der Waals surface area contributed by atoms with Crippen LogP contribution in [0.4, 0.5) is 17.1 Å². The Hall–Kier alpha value is -3.30. The van der Waals surface area contributed by atoms with Gasteiger partial charge in [-0.25, -0.2) is 8.42 Å². The minimum absolute atomic E-state index is 0.0806. The molecule has 0 unspecified atom stereocenters. The Kier molecular flexibility index (Phi) is 6.71. The molecule has 0 spiro atoms. The zero-order valence-electron chi connectivity index (χ0n) is 17.9. The van der Waals surface area contributed by atoms with Crippen molar-refractivity contribution < 1.29 is 17.9 Å². The lowest BCUT2D eigenvalue weighted by atomic mass is 10.2. The van der Waals surface area contributed by atoms with E-state index in [0.717, 1.165) is 25.9 Å². The molecule has 1 amide bonds. The molecule has 0 atom stereocenters. The number of carbonyl (C=O) groups excluding carboxylic acids is 1. The molecule has 1 aliphatic heterocycles. The van der Waals surface area contributed by atoms with E-state index in [2.05, 4.69) is 15.0 Å². The number of rotatable bonds is 7. The lowest BCUT2D eigenvalue weighted by Crippen LogP contribution is -2.23. The first kappa shape index (κ1) is 22.9. The second-order valence-corrected chi connectivity index (χ2v) is 9.61. The van der Waals surface area contributed by atoms with Gasteiger partial charge in [0, 0.05) is 35.7 Å². The molecule has 1 fully saturated rings. The Labute approximate surface area is 197 Å². The number of nitrogens with zero attached hydrogens (tertiary/aromatic N) is 2. The molecule has 172 valence electrons. The van der Waals surface area contributed by atoms with E-state index in [9.17, 15) is 13.2 Å². The lowest BCUT2D eigenvalue weighted by molar-refractivity contribution is 0.102. The molecule has 0 aliphatic carbocycles. The molecule has 2 heterocycles. The highest BCUT2D eigenvalue weighted by atomic mass is 35.5. The Morgan fingerprint density at radius 2 is 1.73 bits per heavy atom. The van der Waals surface area contributed by atoms with Crippen LogP contribution in [-0.2, 0) is 10.0 Å². The van der Waals surface area contributed by atoms with Crippen molar-refractivity contribution in [2.75, 3.05) is 35.1 Å². The van der Waals surface area contributed by atoms with Crippen LogP contribution in [0.3, 0.4) is 0 Å². The number of sulfonamides is 1. The molecule has 1 aromatic heterocycles. The van der Waals surface area contributed by atoms with Gasteiger partial charge in [-0.05, 0) is 67.4 Å². The van der Waals surface area contributed by atoms with Crippen LogP contribution in [0.2, 0.25) is 5.02 Å². The van der Waals surface area contributed by atoms with Crippen molar-refractivity contribution in [2.24, 2.45) is 0 Å². The first-order valence-corrected chi connectivity index (χ1v) is 12.2. The lowest BCUT2D eigenvalue weighted by Gasteiger charge is -2.22. The minimum Gasteiger partial charge on any atom is -0.497 e. The van der Waals surface area contributed by atoms with Crippen molar-refractivity contribution in [1.29, 1.82) is 0 Å². The van der Waals surface area contributed by atoms with Gasteiger partial charge in [0.05, 0.1) is 12.8 Å². The molecule has 0 saturated carbocycles. The van der Waals surface area contributed by atoms with Crippen molar-refractivity contribution in [3.05, 3.63) is 71.5 Å². The summed E-state index contributed by atoms with van der Waals surface area (Å²) in [6.07, 6.45) is 3.41. The van der Waals surface area contributed by atoms with E-state index in [1.54, 1.807) is 49.6 Å². The molecule has 4 rings (SSSR count). The van der Waals surface area contributed by atoms with Crippen LogP contribution in [0.25, 0.3) is 0 Å². The summed E-state index contributed by atoms with van der Waals surface area (Å²) in [5, 5.41) is 3.09. The summed E-state index contributed by atoms with van der Waals surface area (Å²) in [6.45, 7) is 1.53. The van der Waals surface area contributed by atoms with Crippen molar-refractivity contribution in [1.82, 2.24) is 4.98 Å². The van der Waals surface area contributed by atoms with Crippen molar-refractivity contribution in [2.45, 2.75) is 17.7 Å². The van der Waals surface area contributed by atoms with Gasteiger partial charge in [0.2, 0.25) is 0 Å². The molecule has 8 nitrogen and oxygen atoms in total. The molecule has 33 heavy (non-hydrogen) atoms. The average Bonchev–Trinajstić information content (AvgIpc) is 3.34. The molecule has 3 aromatic rings. The van der Waals surface area contributed by atoms with Crippen LogP contribution in [-0.4, -0.2) is 39.5 Å². The van der Waals surface area contributed by atoms with Crippen LogP contribution in [0.5, 0.6) is 5.75 Å². The number of ether oxygens (including phenoxy) is 1. The SMILES string of the molecule is COc1ccc(NS(=O)(=O)c2cc(NC(=O)c3cc(Cl)ccn3)ccc2N2CCCC2)cc1. The molecular weight excluding hydrogens is 464 g/mol. The third-order valence-corrected chi connectivity index (χ3v) is 6.90. The van der Waals surface area contributed by atoms with Gasteiger partial charge in [-0.2, -0.15) is 0 Å². The van der Waals surface area contributed by atoms with E-state index in [1.807, 2.05) is 4.90 Å². The summed E-state index contributed by atoms with van der Waals surface area (Å²) in [6, 6.07) is 14.5. The topological polar surface area (TPSA) is 101 Å². The molecule has 2 N–H and O–H groups in total. The Morgan fingerprint density at radius 1 is 1.03 bits per heavy atom. The summed E-state index contributed by atoms with van der Waals surface area (Å²) in [4.78, 5) is 18.7. The van der Waals surface area contributed by atoms with Gasteiger partial charge in [-0.3, -0.25) is 14.5 Å². The predicted molar refractivity (Wildman–Crippen MR) is 129 cm³/mol. The highest BCUT2D eigenvalue weighted by Gasteiger charge is 2.25. The molecule has 0 bridgehead atoms. The van der Waals surface area contributed by atoms with E-state index in [0.29, 0.717) is 27.8 Å². The number of pyridine rings is 1. The van der Waals surface area contributed by atoms with E-state index in [4.69, 9.17) is 16.3 Å². The van der Waals surface area contributed by atoms with E-state index in [1.165, 1.54) is 18.3 Å². The van der Waals surface area contributed by atoms with Gasteiger partial charge in [-0.15, -0.1) is 0 Å². The highest BCUT2D eigenvalue weighted by molar-refractivity contribution is 7.92. The molecule has 0 radical (unpaired) electrons. The average molecular weight is 487 g/mol. The first-order valence-electron chi connectivity index (χ1n) is 10.3. The number of aromatic nitrogens is 1. The van der Waals surface area contributed by atoms with Gasteiger partial charge < -0.3 is 15.0 Å².